The van der Waals surface area contributed by atoms with Gasteiger partial charge in [0.15, 0.2) is 17.1 Å². The Hall–Kier alpha value is -1.42. The summed E-state index contributed by atoms with van der Waals surface area (Å²) in [5.74, 6) is 1.39. The summed E-state index contributed by atoms with van der Waals surface area (Å²) in [5, 5.41) is 0. The van der Waals surface area contributed by atoms with E-state index >= 15 is 0 Å². The third kappa shape index (κ3) is 1.80. The maximum Gasteiger partial charge on any atom is 0.199 e. The Morgan fingerprint density at radius 1 is 1.44 bits per heavy atom. The van der Waals surface area contributed by atoms with Gasteiger partial charge in [0.2, 0.25) is 0 Å². The molecule has 2 aromatic heterocycles. The van der Waals surface area contributed by atoms with Gasteiger partial charge in [-0.2, -0.15) is 4.98 Å². The van der Waals surface area contributed by atoms with E-state index in [0.29, 0.717) is 17.5 Å². The van der Waals surface area contributed by atoms with Crippen LogP contribution in [-0.4, -0.2) is 16.0 Å². The minimum absolute atomic E-state index is 0.189. The molecule has 1 saturated carbocycles. The molecule has 1 unspecified atom stereocenters. The molecular formula is C12H15N3O. The van der Waals surface area contributed by atoms with E-state index in [0.717, 1.165) is 17.7 Å². The largest absolute Gasteiger partial charge is 0.439 e. The first-order valence-electron chi connectivity index (χ1n) is 5.71. The number of aryl methyl sites for hydroxylation is 1. The Bertz CT molecular complexity index is 516. The van der Waals surface area contributed by atoms with Crippen LogP contribution in [0, 0.1) is 12.8 Å². The topological polar surface area (TPSA) is 64.9 Å². The molecule has 1 aliphatic carbocycles. The zero-order chi connectivity index (χ0) is 11.1. The highest BCUT2D eigenvalue weighted by Crippen LogP contribution is 2.33. The Kier molecular flexibility index (Phi) is 2.17. The van der Waals surface area contributed by atoms with Gasteiger partial charge in [-0.3, -0.25) is 0 Å². The first-order chi connectivity index (χ1) is 7.72. The SMILES string of the molecule is Cc1ccc2oc(CC(N)C3CC3)nc2n1. The summed E-state index contributed by atoms with van der Waals surface area (Å²) < 4.78 is 5.62. The molecule has 1 atom stereocenters. The second-order valence-corrected chi connectivity index (χ2v) is 4.59. The summed E-state index contributed by atoms with van der Waals surface area (Å²) in [6.45, 7) is 1.95. The molecule has 0 radical (unpaired) electrons. The number of aromatic nitrogens is 2. The zero-order valence-corrected chi connectivity index (χ0v) is 9.31. The second kappa shape index (κ2) is 3.56. The maximum absolute atomic E-state index is 6.04. The zero-order valence-electron chi connectivity index (χ0n) is 9.31. The van der Waals surface area contributed by atoms with E-state index in [1.54, 1.807) is 0 Å². The van der Waals surface area contributed by atoms with E-state index < -0.39 is 0 Å². The third-order valence-electron chi connectivity index (χ3n) is 3.07. The molecule has 0 saturated heterocycles. The smallest absolute Gasteiger partial charge is 0.199 e. The number of hydrogen-bond donors (Lipinski definition) is 1. The van der Waals surface area contributed by atoms with Crippen molar-refractivity contribution in [3.05, 3.63) is 23.7 Å². The van der Waals surface area contributed by atoms with Gasteiger partial charge in [-0.25, -0.2) is 4.98 Å². The number of oxazole rings is 1. The number of pyridine rings is 1. The van der Waals surface area contributed by atoms with Crippen LogP contribution >= 0.6 is 0 Å². The van der Waals surface area contributed by atoms with Crippen LogP contribution in [0.2, 0.25) is 0 Å². The molecule has 0 bridgehead atoms. The van der Waals surface area contributed by atoms with E-state index in [9.17, 15) is 0 Å². The third-order valence-corrected chi connectivity index (χ3v) is 3.07. The first kappa shape index (κ1) is 9.78. The number of hydrogen-bond acceptors (Lipinski definition) is 4. The van der Waals surface area contributed by atoms with Crippen LogP contribution in [0.3, 0.4) is 0 Å². The fourth-order valence-corrected chi connectivity index (χ4v) is 1.94. The first-order valence-corrected chi connectivity index (χ1v) is 5.71. The van der Waals surface area contributed by atoms with E-state index in [4.69, 9.17) is 10.2 Å². The van der Waals surface area contributed by atoms with Crippen molar-refractivity contribution >= 4 is 11.2 Å². The lowest BCUT2D eigenvalue weighted by molar-refractivity contribution is 0.475. The highest BCUT2D eigenvalue weighted by molar-refractivity contribution is 5.67. The maximum atomic E-state index is 6.04. The van der Waals surface area contributed by atoms with E-state index in [1.165, 1.54) is 12.8 Å². The molecule has 2 aromatic rings. The molecule has 3 rings (SSSR count). The summed E-state index contributed by atoms with van der Waals surface area (Å²) in [6.07, 6.45) is 3.22. The molecular weight excluding hydrogens is 202 g/mol. The summed E-state index contributed by atoms with van der Waals surface area (Å²) >= 11 is 0. The molecule has 1 fully saturated rings. The standard InChI is InChI=1S/C12H15N3O/c1-7-2-5-10-12(14-7)15-11(16-10)6-9(13)8-3-4-8/h2,5,8-9H,3-4,6,13H2,1H3. The Morgan fingerprint density at radius 3 is 3.00 bits per heavy atom. The summed E-state index contributed by atoms with van der Waals surface area (Å²) in [4.78, 5) is 8.68. The lowest BCUT2D eigenvalue weighted by Crippen LogP contribution is -2.25. The van der Waals surface area contributed by atoms with Crippen LogP contribution < -0.4 is 5.73 Å². The number of nitrogens with two attached hydrogens (primary N) is 1. The average molecular weight is 217 g/mol. The van der Waals surface area contributed by atoms with Crippen molar-refractivity contribution in [2.45, 2.75) is 32.2 Å². The number of rotatable bonds is 3. The van der Waals surface area contributed by atoms with Crippen molar-refractivity contribution in [3.8, 4) is 0 Å². The molecule has 0 amide bonds. The highest BCUT2D eigenvalue weighted by Gasteiger charge is 2.29. The fraction of sp³-hybridized carbons (Fsp3) is 0.500. The van der Waals surface area contributed by atoms with Gasteiger partial charge in [0.1, 0.15) is 0 Å². The predicted molar refractivity (Wildman–Crippen MR) is 60.9 cm³/mol. The minimum Gasteiger partial charge on any atom is -0.439 e. The van der Waals surface area contributed by atoms with Crippen molar-refractivity contribution in [1.82, 2.24) is 9.97 Å². The normalized spacial score (nSPS) is 17.9. The predicted octanol–water partition coefficient (Wildman–Crippen LogP) is 1.81. The van der Waals surface area contributed by atoms with Crippen LogP contribution in [0.25, 0.3) is 11.2 Å². The van der Waals surface area contributed by atoms with Gasteiger partial charge >= 0.3 is 0 Å². The Balaban J connectivity index is 1.86. The Morgan fingerprint density at radius 2 is 2.25 bits per heavy atom. The van der Waals surface area contributed by atoms with Crippen LogP contribution in [0.1, 0.15) is 24.4 Å². The van der Waals surface area contributed by atoms with Crippen LogP contribution in [0.4, 0.5) is 0 Å². The van der Waals surface area contributed by atoms with Gasteiger partial charge in [0, 0.05) is 18.2 Å². The molecule has 84 valence electrons. The molecule has 2 heterocycles. The monoisotopic (exact) mass is 217 g/mol. The van der Waals surface area contributed by atoms with Crippen molar-refractivity contribution in [1.29, 1.82) is 0 Å². The van der Waals surface area contributed by atoms with Gasteiger partial charge in [0.05, 0.1) is 0 Å². The van der Waals surface area contributed by atoms with E-state index in [-0.39, 0.29) is 6.04 Å². The molecule has 0 aromatic carbocycles. The molecule has 0 aliphatic heterocycles. The van der Waals surface area contributed by atoms with Crippen LogP contribution in [-0.2, 0) is 6.42 Å². The Labute approximate surface area is 93.9 Å². The summed E-state index contributed by atoms with van der Waals surface area (Å²) in [6, 6.07) is 4.03. The molecule has 2 N–H and O–H groups in total. The van der Waals surface area contributed by atoms with Gasteiger partial charge in [-0.05, 0) is 37.8 Å². The van der Waals surface area contributed by atoms with Crippen molar-refractivity contribution in [2.24, 2.45) is 11.7 Å². The van der Waals surface area contributed by atoms with E-state index in [2.05, 4.69) is 9.97 Å². The second-order valence-electron chi connectivity index (χ2n) is 4.59. The lowest BCUT2D eigenvalue weighted by Gasteiger charge is -2.05. The van der Waals surface area contributed by atoms with Crippen molar-refractivity contribution in [3.63, 3.8) is 0 Å². The minimum atomic E-state index is 0.189. The lowest BCUT2D eigenvalue weighted by atomic mass is 10.1. The van der Waals surface area contributed by atoms with Crippen molar-refractivity contribution < 1.29 is 4.42 Å². The van der Waals surface area contributed by atoms with Crippen molar-refractivity contribution in [2.75, 3.05) is 0 Å². The molecule has 4 heteroatoms. The fourth-order valence-electron chi connectivity index (χ4n) is 1.94. The molecule has 4 nitrogen and oxygen atoms in total. The van der Waals surface area contributed by atoms with Gasteiger partial charge < -0.3 is 10.2 Å². The number of fused-ring (bicyclic) bond motifs is 1. The number of nitrogens with zero attached hydrogens (tertiary/aromatic N) is 2. The summed E-state index contributed by atoms with van der Waals surface area (Å²) in [5.41, 5.74) is 8.45. The van der Waals surface area contributed by atoms with Gasteiger partial charge in [-0.15, -0.1) is 0 Å². The molecule has 16 heavy (non-hydrogen) atoms. The summed E-state index contributed by atoms with van der Waals surface area (Å²) in [7, 11) is 0. The van der Waals surface area contributed by atoms with Gasteiger partial charge in [-0.1, -0.05) is 0 Å². The quantitative estimate of drug-likeness (QED) is 0.851. The van der Waals surface area contributed by atoms with Gasteiger partial charge in [0.25, 0.3) is 0 Å². The molecule has 0 spiro atoms. The van der Waals surface area contributed by atoms with Crippen LogP contribution in [0.15, 0.2) is 16.5 Å². The average Bonchev–Trinajstić information content (AvgIpc) is 3.00. The molecule has 1 aliphatic rings. The van der Waals surface area contributed by atoms with E-state index in [1.807, 2.05) is 19.1 Å². The van der Waals surface area contributed by atoms with Crippen LogP contribution in [0.5, 0.6) is 0 Å². The highest BCUT2D eigenvalue weighted by atomic mass is 16.3.